The Labute approximate surface area is 105 Å². The van der Waals surface area contributed by atoms with Gasteiger partial charge in [-0.05, 0) is 24.7 Å². The van der Waals surface area contributed by atoms with Crippen molar-refractivity contribution in [1.29, 1.82) is 0 Å². The Morgan fingerprint density at radius 2 is 2.17 bits per heavy atom. The van der Waals surface area contributed by atoms with Crippen LogP contribution < -0.4 is 5.32 Å². The summed E-state index contributed by atoms with van der Waals surface area (Å²) in [4.78, 5) is 21.9. The molecule has 0 radical (unpaired) electrons. The van der Waals surface area contributed by atoms with Crippen molar-refractivity contribution in [3.05, 3.63) is 21.9 Å². The molecular weight excluding hydrogens is 236 g/mol. The van der Waals surface area contributed by atoms with Gasteiger partial charge in [-0.1, -0.05) is 13.8 Å². The monoisotopic (exact) mass is 254 g/mol. The van der Waals surface area contributed by atoms with E-state index in [-0.39, 0.29) is 11.7 Å². The summed E-state index contributed by atoms with van der Waals surface area (Å²) in [6.45, 7) is 7.92. The summed E-state index contributed by atoms with van der Waals surface area (Å²) >= 11 is 0. The van der Waals surface area contributed by atoms with Crippen LogP contribution in [0.1, 0.15) is 32.5 Å². The molecule has 7 heteroatoms. The van der Waals surface area contributed by atoms with Crippen LogP contribution in [0.5, 0.6) is 0 Å². The van der Waals surface area contributed by atoms with Crippen molar-refractivity contribution >= 4 is 11.7 Å². The zero-order valence-corrected chi connectivity index (χ0v) is 11.0. The first kappa shape index (κ1) is 14.1. The van der Waals surface area contributed by atoms with E-state index in [4.69, 9.17) is 0 Å². The zero-order chi connectivity index (χ0) is 13.9. The van der Waals surface area contributed by atoms with Crippen molar-refractivity contribution < 1.29 is 9.72 Å². The molecule has 1 rings (SSSR count). The Kier molecular flexibility index (Phi) is 4.41. The van der Waals surface area contributed by atoms with Crippen LogP contribution in [0.3, 0.4) is 0 Å². The number of nitro groups is 1. The van der Waals surface area contributed by atoms with Crippen molar-refractivity contribution in [3.8, 4) is 0 Å². The van der Waals surface area contributed by atoms with E-state index in [0.717, 1.165) is 0 Å². The highest BCUT2D eigenvalue weighted by atomic mass is 16.6. The first-order valence-corrected chi connectivity index (χ1v) is 5.81. The first-order chi connectivity index (χ1) is 8.32. The summed E-state index contributed by atoms with van der Waals surface area (Å²) in [5, 5.41) is 17.2. The highest BCUT2D eigenvalue weighted by molar-refractivity contribution is 5.79. The number of hydrogen-bond acceptors (Lipinski definition) is 4. The molecule has 0 saturated heterocycles. The molecule has 1 unspecified atom stereocenters. The van der Waals surface area contributed by atoms with Crippen molar-refractivity contribution in [1.82, 2.24) is 15.1 Å². The van der Waals surface area contributed by atoms with Crippen LogP contribution >= 0.6 is 0 Å². The molecule has 0 aromatic carbocycles. The molecule has 18 heavy (non-hydrogen) atoms. The lowest BCUT2D eigenvalue weighted by molar-refractivity contribution is -0.389. The summed E-state index contributed by atoms with van der Waals surface area (Å²) in [6, 6.07) is 0.795. The SMILES string of the molecule is Cc1cc([N+](=O)[O-])nn1C(C)C(=O)NCC(C)C. The maximum atomic E-state index is 11.8. The Bertz CT molecular complexity index is 453. The average Bonchev–Trinajstić information content (AvgIpc) is 2.67. The standard InChI is InChI=1S/C11H18N4O3/c1-7(2)6-12-11(16)9(4)14-8(3)5-10(13-14)15(17)18/h5,7,9H,6H2,1-4H3,(H,12,16). The molecule has 7 nitrogen and oxygen atoms in total. The number of amides is 1. The topological polar surface area (TPSA) is 90.1 Å². The lowest BCUT2D eigenvalue weighted by atomic mass is 10.2. The predicted molar refractivity (Wildman–Crippen MR) is 66.2 cm³/mol. The molecule has 1 N–H and O–H groups in total. The number of hydrogen-bond donors (Lipinski definition) is 1. The normalized spacial score (nSPS) is 12.5. The van der Waals surface area contributed by atoms with E-state index in [9.17, 15) is 14.9 Å². The molecule has 0 saturated carbocycles. The van der Waals surface area contributed by atoms with E-state index in [1.165, 1.54) is 10.7 Å². The third kappa shape index (κ3) is 3.28. The number of carbonyl (C=O) groups excluding carboxylic acids is 1. The molecule has 1 amide bonds. The fourth-order valence-corrected chi connectivity index (χ4v) is 1.52. The molecule has 0 aliphatic carbocycles. The van der Waals surface area contributed by atoms with Crippen LogP contribution in [0.15, 0.2) is 6.07 Å². The second-order valence-corrected chi connectivity index (χ2v) is 4.66. The maximum absolute atomic E-state index is 11.8. The molecule has 0 bridgehead atoms. The molecule has 0 spiro atoms. The van der Waals surface area contributed by atoms with Gasteiger partial charge in [0.15, 0.2) is 0 Å². The van der Waals surface area contributed by atoms with Crippen molar-refractivity contribution in [2.24, 2.45) is 5.92 Å². The van der Waals surface area contributed by atoms with Gasteiger partial charge in [0.2, 0.25) is 5.91 Å². The Balaban J connectivity index is 2.80. The van der Waals surface area contributed by atoms with Gasteiger partial charge < -0.3 is 15.4 Å². The number of rotatable bonds is 5. The minimum atomic E-state index is -0.567. The number of carbonyl (C=O) groups is 1. The first-order valence-electron chi connectivity index (χ1n) is 5.81. The number of aryl methyl sites for hydroxylation is 1. The Morgan fingerprint density at radius 3 is 2.61 bits per heavy atom. The molecule has 100 valence electrons. The summed E-state index contributed by atoms with van der Waals surface area (Å²) in [7, 11) is 0. The minimum absolute atomic E-state index is 0.190. The van der Waals surface area contributed by atoms with Gasteiger partial charge in [-0.15, -0.1) is 0 Å². The third-order valence-electron chi connectivity index (χ3n) is 2.53. The second kappa shape index (κ2) is 5.61. The smallest absolute Gasteiger partial charge is 0.358 e. The Hall–Kier alpha value is -1.92. The van der Waals surface area contributed by atoms with Gasteiger partial charge >= 0.3 is 5.82 Å². The van der Waals surface area contributed by atoms with Gasteiger partial charge in [0, 0.05) is 6.54 Å². The fraction of sp³-hybridized carbons (Fsp3) is 0.636. The van der Waals surface area contributed by atoms with Crippen molar-refractivity contribution in [2.45, 2.75) is 33.7 Å². The van der Waals surface area contributed by atoms with E-state index < -0.39 is 11.0 Å². The molecular formula is C11H18N4O3. The van der Waals surface area contributed by atoms with Gasteiger partial charge in [-0.25, -0.2) is 0 Å². The third-order valence-corrected chi connectivity index (χ3v) is 2.53. The molecule has 0 aliphatic heterocycles. The van der Waals surface area contributed by atoms with Crippen molar-refractivity contribution in [3.63, 3.8) is 0 Å². The van der Waals surface area contributed by atoms with Crippen LogP contribution in [0, 0.1) is 23.0 Å². The summed E-state index contributed by atoms with van der Waals surface area (Å²) in [6.07, 6.45) is 0. The molecule has 1 aromatic heterocycles. The quantitative estimate of drug-likeness (QED) is 0.635. The van der Waals surface area contributed by atoms with E-state index in [1.54, 1.807) is 13.8 Å². The number of nitrogens with zero attached hydrogens (tertiary/aromatic N) is 3. The summed E-state index contributed by atoms with van der Waals surface area (Å²) < 4.78 is 1.37. The maximum Gasteiger partial charge on any atom is 0.390 e. The average molecular weight is 254 g/mol. The molecule has 0 fully saturated rings. The van der Waals surface area contributed by atoms with E-state index in [0.29, 0.717) is 18.2 Å². The summed E-state index contributed by atoms with van der Waals surface area (Å²) in [5.74, 6) is -0.0741. The molecule has 1 heterocycles. The Morgan fingerprint density at radius 1 is 1.56 bits per heavy atom. The van der Waals surface area contributed by atoms with E-state index >= 15 is 0 Å². The fourth-order valence-electron chi connectivity index (χ4n) is 1.52. The highest BCUT2D eigenvalue weighted by Gasteiger charge is 2.24. The lowest BCUT2D eigenvalue weighted by Crippen LogP contribution is -2.34. The highest BCUT2D eigenvalue weighted by Crippen LogP contribution is 2.16. The largest absolute Gasteiger partial charge is 0.390 e. The van der Waals surface area contributed by atoms with Gasteiger partial charge in [0.25, 0.3) is 0 Å². The van der Waals surface area contributed by atoms with Crippen LogP contribution in [0.2, 0.25) is 0 Å². The summed E-state index contributed by atoms with van der Waals surface area (Å²) in [5.41, 5.74) is 0.592. The number of aromatic nitrogens is 2. The predicted octanol–water partition coefficient (Wildman–Crippen LogP) is 1.43. The van der Waals surface area contributed by atoms with Gasteiger partial charge in [-0.3, -0.25) is 4.79 Å². The molecule has 1 aromatic rings. The van der Waals surface area contributed by atoms with Crippen LogP contribution in [-0.4, -0.2) is 27.2 Å². The van der Waals surface area contributed by atoms with E-state index in [1.807, 2.05) is 13.8 Å². The van der Waals surface area contributed by atoms with Crippen molar-refractivity contribution in [2.75, 3.05) is 6.54 Å². The lowest BCUT2D eigenvalue weighted by Gasteiger charge is -2.12. The minimum Gasteiger partial charge on any atom is -0.358 e. The van der Waals surface area contributed by atoms with Gasteiger partial charge in [0.05, 0.1) is 16.9 Å². The van der Waals surface area contributed by atoms with E-state index in [2.05, 4.69) is 10.4 Å². The molecule has 0 aliphatic rings. The number of nitrogens with one attached hydrogen (secondary N) is 1. The second-order valence-electron chi connectivity index (χ2n) is 4.66. The van der Waals surface area contributed by atoms with Crippen LogP contribution in [-0.2, 0) is 4.79 Å². The van der Waals surface area contributed by atoms with Crippen LogP contribution in [0.4, 0.5) is 5.82 Å². The zero-order valence-electron chi connectivity index (χ0n) is 11.0. The van der Waals surface area contributed by atoms with Gasteiger partial charge in [0.1, 0.15) is 6.04 Å². The molecule has 1 atom stereocenters. The van der Waals surface area contributed by atoms with Crippen LogP contribution in [0.25, 0.3) is 0 Å². The van der Waals surface area contributed by atoms with Gasteiger partial charge in [-0.2, -0.15) is 4.68 Å².